The largest absolute Gasteiger partial charge is 0.408 e. The van der Waals surface area contributed by atoms with Crippen molar-refractivity contribution >= 4 is 5.91 Å². The van der Waals surface area contributed by atoms with Crippen molar-refractivity contribution in [2.24, 2.45) is 11.7 Å². The van der Waals surface area contributed by atoms with E-state index in [1.807, 2.05) is 0 Å². The van der Waals surface area contributed by atoms with Crippen molar-refractivity contribution in [3.63, 3.8) is 0 Å². The molecular weight excluding hydrogens is 251 g/mol. The van der Waals surface area contributed by atoms with Crippen molar-refractivity contribution in [3.05, 3.63) is 21.6 Å². The molecule has 1 atom stereocenters. The monoisotopic (exact) mass is 263 g/mol. The zero-order valence-electron chi connectivity index (χ0n) is 9.38. The zero-order chi connectivity index (χ0) is 13.5. The fourth-order valence-electron chi connectivity index (χ4n) is 2.19. The number of hydrogen-bond acceptors (Lipinski definition) is 2. The minimum absolute atomic E-state index is 0.116. The number of nitrogens with one attached hydrogen (secondary N) is 1. The van der Waals surface area contributed by atoms with Gasteiger partial charge in [-0.05, 0) is 19.3 Å². The molecule has 1 unspecified atom stereocenters. The number of H-pyrrole nitrogens is 1. The molecule has 1 aliphatic carbocycles. The van der Waals surface area contributed by atoms with E-state index in [2.05, 4.69) is 5.10 Å². The summed E-state index contributed by atoms with van der Waals surface area (Å²) in [7, 11) is 0. The molecule has 0 aromatic carbocycles. The van der Waals surface area contributed by atoms with Crippen molar-refractivity contribution in [3.8, 4) is 0 Å². The molecule has 100 valence electrons. The van der Waals surface area contributed by atoms with E-state index in [9.17, 15) is 22.8 Å². The van der Waals surface area contributed by atoms with Crippen LogP contribution in [0.5, 0.6) is 0 Å². The number of nitrogens with two attached hydrogens (primary N) is 1. The lowest BCUT2D eigenvalue weighted by Gasteiger charge is -2.17. The van der Waals surface area contributed by atoms with Crippen LogP contribution in [0.2, 0.25) is 0 Å². The van der Waals surface area contributed by atoms with E-state index < -0.39 is 30.1 Å². The minimum Gasteiger partial charge on any atom is -0.369 e. The second-order valence-electron chi connectivity index (χ2n) is 4.42. The SMILES string of the molecule is NC(=O)C1CCc2[nH]n(CC(F)(F)F)c(=O)c2C1. The predicted molar refractivity (Wildman–Crippen MR) is 55.8 cm³/mol. The number of hydrogen-bond donors (Lipinski definition) is 2. The quantitative estimate of drug-likeness (QED) is 0.806. The van der Waals surface area contributed by atoms with Crippen LogP contribution >= 0.6 is 0 Å². The average molecular weight is 263 g/mol. The predicted octanol–water partition coefficient (Wildman–Crippen LogP) is 0.329. The Kier molecular flexibility index (Phi) is 2.95. The molecule has 1 aromatic heterocycles. The normalized spacial score (nSPS) is 19.6. The van der Waals surface area contributed by atoms with Gasteiger partial charge in [0.05, 0.1) is 0 Å². The molecule has 1 heterocycles. The van der Waals surface area contributed by atoms with Gasteiger partial charge >= 0.3 is 6.18 Å². The molecule has 18 heavy (non-hydrogen) atoms. The summed E-state index contributed by atoms with van der Waals surface area (Å²) in [5.74, 6) is -0.996. The maximum absolute atomic E-state index is 12.2. The molecule has 0 spiro atoms. The van der Waals surface area contributed by atoms with Crippen molar-refractivity contribution in [1.29, 1.82) is 0 Å². The van der Waals surface area contributed by atoms with E-state index in [-0.39, 0.29) is 12.0 Å². The standard InChI is InChI=1S/C10H12F3N3O2/c11-10(12,13)4-16-9(18)6-3-5(8(14)17)1-2-7(6)15-16/h5,15H,1-4H2,(H2,14,17). The van der Waals surface area contributed by atoms with Gasteiger partial charge in [-0.1, -0.05) is 0 Å². The Bertz CT molecular complexity index is 529. The Morgan fingerprint density at radius 1 is 1.50 bits per heavy atom. The highest BCUT2D eigenvalue weighted by Crippen LogP contribution is 2.23. The summed E-state index contributed by atoms with van der Waals surface area (Å²) in [6, 6.07) is 0. The van der Waals surface area contributed by atoms with Crippen molar-refractivity contribution in [2.75, 3.05) is 0 Å². The van der Waals surface area contributed by atoms with E-state index in [1.165, 1.54) is 0 Å². The molecule has 2 rings (SSSR count). The number of aromatic nitrogens is 2. The highest BCUT2D eigenvalue weighted by atomic mass is 19.4. The molecule has 3 N–H and O–H groups in total. The molecule has 0 aliphatic heterocycles. The van der Waals surface area contributed by atoms with Gasteiger partial charge in [0.2, 0.25) is 5.91 Å². The molecular formula is C10H12F3N3O2. The lowest BCUT2D eigenvalue weighted by atomic mass is 9.87. The summed E-state index contributed by atoms with van der Waals surface area (Å²) in [6.45, 7) is -1.35. The topological polar surface area (TPSA) is 80.9 Å². The first-order valence-electron chi connectivity index (χ1n) is 5.44. The van der Waals surface area contributed by atoms with Crippen LogP contribution in [0.25, 0.3) is 0 Å². The molecule has 0 saturated heterocycles. The molecule has 0 fully saturated rings. The molecule has 8 heteroatoms. The number of carbonyl (C=O) groups is 1. The first kappa shape index (κ1) is 12.7. The molecule has 0 saturated carbocycles. The first-order chi connectivity index (χ1) is 8.28. The van der Waals surface area contributed by atoms with Gasteiger partial charge in [-0.25, -0.2) is 4.68 Å². The fraction of sp³-hybridized carbons (Fsp3) is 0.600. The van der Waals surface area contributed by atoms with Gasteiger partial charge in [-0.15, -0.1) is 0 Å². The van der Waals surface area contributed by atoms with Crippen LogP contribution in [0.1, 0.15) is 17.7 Å². The van der Waals surface area contributed by atoms with Crippen LogP contribution in [-0.2, 0) is 24.2 Å². The van der Waals surface area contributed by atoms with Crippen molar-refractivity contribution in [2.45, 2.75) is 32.0 Å². The van der Waals surface area contributed by atoms with Crippen LogP contribution in [-0.4, -0.2) is 21.9 Å². The van der Waals surface area contributed by atoms with Crippen LogP contribution in [0.15, 0.2) is 4.79 Å². The third-order valence-electron chi connectivity index (χ3n) is 3.07. The Hall–Kier alpha value is -1.73. The highest BCUT2D eigenvalue weighted by Gasteiger charge is 2.32. The zero-order valence-corrected chi connectivity index (χ0v) is 9.38. The van der Waals surface area contributed by atoms with Gasteiger partial charge in [0.15, 0.2) is 0 Å². The van der Waals surface area contributed by atoms with Gasteiger partial charge in [0, 0.05) is 17.2 Å². The molecule has 0 bridgehead atoms. The van der Waals surface area contributed by atoms with Crippen LogP contribution < -0.4 is 11.3 Å². The van der Waals surface area contributed by atoms with Crippen molar-refractivity contribution < 1.29 is 18.0 Å². The number of primary amides is 1. The van der Waals surface area contributed by atoms with E-state index >= 15 is 0 Å². The van der Waals surface area contributed by atoms with Gasteiger partial charge < -0.3 is 5.73 Å². The highest BCUT2D eigenvalue weighted by molar-refractivity contribution is 5.77. The minimum atomic E-state index is -4.46. The van der Waals surface area contributed by atoms with E-state index in [4.69, 9.17) is 5.73 Å². The summed E-state index contributed by atoms with van der Waals surface area (Å²) in [4.78, 5) is 22.8. The van der Waals surface area contributed by atoms with Gasteiger partial charge in [0.25, 0.3) is 5.56 Å². The number of rotatable bonds is 2. The smallest absolute Gasteiger partial charge is 0.369 e. The number of aryl methyl sites for hydroxylation is 1. The van der Waals surface area contributed by atoms with Gasteiger partial charge in [-0.2, -0.15) is 13.2 Å². The van der Waals surface area contributed by atoms with Crippen LogP contribution in [0.3, 0.4) is 0 Å². The number of alkyl halides is 3. The fourth-order valence-corrected chi connectivity index (χ4v) is 2.19. The van der Waals surface area contributed by atoms with Crippen LogP contribution in [0, 0.1) is 5.92 Å². The average Bonchev–Trinajstić information content (AvgIpc) is 2.53. The first-order valence-corrected chi connectivity index (χ1v) is 5.44. The second-order valence-corrected chi connectivity index (χ2v) is 4.42. The second kappa shape index (κ2) is 4.18. The lowest BCUT2D eigenvalue weighted by molar-refractivity contribution is -0.143. The lowest BCUT2D eigenvalue weighted by Crippen LogP contribution is -2.31. The van der Waals surface area contributed by atoms with Crippen LogP contribution in [0.4, 0.5) is 13.2 Å². The Morgan fingerprint density at radius 3 is 2.72 bits per heavy atom. The number of fused-ring (bicyclic) bond motifs is 1. The summed E-state index contributed by atoms with van der Waals surface area (Å²) in [5.41, 5.74) is 5.15. The molecule has 5 nitrogen and oxygen atoms in total. The summed E-state index contributed by atoms with van der Waals surface area (Å²) >= 11 is 0. The Balaban J connectivity index is 2.30. The molecule has 0 radical (unpaired) electrons. The maximum Gasteiger partial charge on any atom is 0.408 e. The number of amides is 1. The number of carbonyl (C=O) groups excluding carboxylic acids is 1. The summed E-state index contributed by atoms with van der Waals surface area (Å²) in [6.07, 6.45) is -3.53. The third kappa shape index (κ3) is 2.41. The number of aromatic amines is 1. The van der Waals surface area contributed by atoms with E-state index in [0.717, 1.165) is 0 Å². The molecule has 1 aliphatic rings. The van der Waals surface area contributed by atoms with E-state index in [1.54, 1.807) is 0 Å². The Morgan fingerprint density at radius 2 is 2.17 bits per heavy atom. The van der Waals surface area contributed by atoms with Crippen molar-refractivity contribution in [1.82, 2.24) is 9.78 Å². The maximum atomic E-state index is 12.2. The summed E-state index contributed by atoms with van der Waals surface area (Å²) < 4.78 is 37.2. The molecule has 1 amide bonds. The third-order valence-corrected chi connectivity index (χ3v) is 3.07. The Labute approximate surface area is 99.7 Å². The van der Waals surface area contributed by atoms with Gasteiger partial charge in [-0.3, -0.25) is 14.7 Å². The molecule has 1 aromatic rings. The van der Waals surface area contributed by atoms with E-state index in [0.29, 0.717) is 23.2 Å². The number of halogens is 3. The van der Waals surface area contributed by atoms with Gasteiger partial charge in [0.1, 0.15) is 6.54 Å². The number of nitrogens with zero attached hydrogens (tertiary/aromatic N) is 1. The summed E-state index contributed by atoms with van der Waals surface area (Å²) in [5, 5.41) is 2.45.